The zero-order valence-electron chi connectivity index (χ0n) is 12.3. The number of fused-ring (bicyclic) bond motifs is 4. The van der Waals surface area contributed by atoms with Crippen LogP contribution in [0.25, 0.3) is 21.9 Å². The number of hydrogen-bond donors (Lipinski definition) is 0. The Bertz CT molecular complexity index is 1010. The summed E-state index contributed by atoms with van der Waals surface area (Å²) in [6.45, 7) is 0.175. The van der Waals surface area contributed by atoms with Gasteiger partial charge in [0.15, 0.2) is 11.5 Å². The molecule has 0 unspecified atom stereocenters. The summed E-state index contributed by atoms with van der Waals surface area (Å²) in [5.41, 5.74) is 2.59. The molecule has 0 amide bonds. The molecule has 0 fully saturated rings. The minimum atomic E-state index is -0.130. The number of rotatable bonds is 1. The molecule has 0 spiro atoms. The van der Waals surface area contributed by atoms with Gasteiger partial charge in [0.05, 0.1) is 12.7 Å². The van der Waals surface area contributed by atoms with Crippen LogP contribution in [-0.4, -0.2) is 24.7 Å². The Morgan fingerprint density at radius 3 is 2.96 bits per heavy atom. The summed E-state index contributed by atoms with van der Waals surface area (Å²) in [6.07, 6.45) is 1.64. The number of aromatic nitrogens is 1. The van der Waals surface area contributed by atoms with Crippen LogP contribution >= 0.6 is 0 Å². The number of ketones is 1. The molecule has 23 heavy (non-hydrogen) atoms. The van der Waals surface area contributed by atoms with E-state index < -0.39 is 0 Å². The zero-order chi connectivity index (χ0) is 15.6. The molecule has 2 aromatic carbocycles. The Labute approximate surface area is 131 Å². The van der Waals surface area contributed by atoms with Gasteiger partial charge < -0.3 is 14.2 Å². The molecule has 5 heteroatoms. The van der Waals surface area contributed by atoms with Crippen LogP contribution in [0.1, 0.15) is 16.1 Å². The monoisotopic (exact) mass is 305 g/mol. The molecule has 112 valence electrons. The van der Waals surface area contributed by atoms with Crippen molar-refractivity contribution in [3.05, 3.63) is 47.8 Å². The van der Waals surface area contributed by atoms with E-state index in [9.17, 15) is 4.79 Å². The molecule has 1 aromatic heterocycles. The first-order valence-corrected chi connectivity index (χ1v) is 7.23. The zero-order valence-corrected chi connectivity index (χ0v) is 12.3. The molecule has 0 atom stereocenters. The van der Waals surface area contributed by atoms with Gasteiger partial charge in [-0.2, -0.15) is 0 Å². The first-order chi connectivity index (χ1) is 11.3. The fourth-order valence-corrected chi connectivity index (χ4v) is 3.40. The Morgan fingerprint density at radius 1 is 1.17 bits per heavy atom. The summed E-state index contributed by atoms with van der Waals surface area (Å²) in [5.74, 6) is 1.75. The second kappa shape index (κ2) is 4.23. The second-order valence-electron chi connectivity index (χ2n) is 5.45. The molecule has 1 aliphatic carbocycles. The Hall–Kier alpha value is -3.08. The van der Waals surface area contributed by atoms with E-state index in [-0.39, 0.29) is 12.6 Å². The highest BCUT2D eigenvalue weighted by atomic mass is 16.7. The molecule has 0 bridgehead atoms. The van der Waals surface area contributed by atoms with Gasteiger partial charge in [0.1, 0.15) is 11.4 Å². The highest BCUT2D eigenvalue weighted by Gasteiger charge is 2.34. The van der Waals surface area contributed by atoms with Gasteiger partial charge in [-0.3, -0.25) is 9.78 Å². The van der Waals surface area contributed by atoms with Crippen molar-refractivity contribution in [1.82, 2.24) is 4.98 Å². The second-order valence-corrected chi connectivity index (χ2v) is 5.45. The van der Waals surface area contributed by atoms with Crippen LogP contribution in [0.2, 0.25) is 0 Å². The third kappa shape index (κ3) is 1.46. The first kappa shape index (κ1) is 12.5. The van der Waals surface area contributed by atoms with Crippen LogP contribution in [0.4, 0.5) is 0 Å². The van der Waals surface area contributed by atoms with Crippen LogP contribution in [0.5, 0.6) is 17.2 Å². The van der Waals surface area contributed by atoms with Crippen LogP contribution in [0.3, 0.4) is 0 Å². The lowest BCUT2D eigenvalue weighted by molar-refractivity contribution is 0.103. The fraction of sp³-hybridized carbons (Fsp3) is 0.111. The molecule has 5 rings (SSSR count). The van der Waals surface area contributed by atoms with Gasteiger partial charge in [-0.15, -0.1) is 0 Å². The maximum Gasteiger partial charge on any atom is 0.231 e. The van der Waals surface area contributed by atoms with Crippen LogP contribution in [0, 0.1) is 0 Å². The Morgan fingerprint density at radius 2 is 2.09 bits per heavy atom. The van der Waals surface area contributed by atoms with Crippen LogP contribution < -0.4 is 14.2 Å². The molecular formula is C18H11NO4. The minimum absolute atomic E-state index is 0.130. The lowest BCUT2D eigenvalue weighted by Gasteiger charge is -2.21. The third-order valence-electron chi connectivity index (χ3n) is 4.35. The van der Waals surface area contributed by atoms with Gasteiger partial charge in [0.25, 0.3) is 0 Å². The quantitative estimate of drug-likeness (QED) is 0.540. The van der Waals surface area contributed by atoms with Gasteiger partial charge in [0.2, 0.25) is 12.6 Å². The number of carbonyl (C=O) groups excluding carboxylic acids is 1. The van der Waals surface area contributed by atoms with Crippen LogP contribution in [-0.2, 0) is 0 Å². The molecule has 0 N–H and O–H groups in total. The predicted molar refractivity (Wildman–Crippen MR) is 83.3 cm³/mol. The predicted octanol–water partition coefficient (Wildman–Crippen LogP) is 3.18. The number of nitrogens with zero attached hydrogens (tertiary/aromatic N) is 1. The molecule has 2 aliphatic rings. The number of benzene rings is 2. The summed E-state index contributed by atoms with van der Waals surface area (Å²) in [7, 11) is 1.56. The summed E-state index contributed by atoms with van der Waals surface area (Å²) >= 11 is 0. The Balaban J connectivity index is 2.03. The number of ether oxygens (including phenoxy) is 3. The van der Waals surface area contributed by atoms with Crippen molar-refractivity contribution in [3.8, 4) is 28.4 Å². The number of pyridine rings is 1. The number of carbonyl (C=O) groups is 1. The largest absolute Gasteiger partial charge is 0.496 e. The average Bonchev–Trinajstić information content (AvgIpc) is 3.05. The van der Waals surface area contributed by atoms with Gasteiger partial charge in [0, 0.05) is 22.7 Å². The van der Waals surface area contributed by atoms with Crippen molar-refractivity contribution in [2.24, 2.45) is 0 Å². The molecular weight excluding hydrogens is 294 g/mol. The number of hydrogen-bond acceptors (Lipinski definition) is 5. The van der Waals surface area contributed by atoms with Crippen molar-refractivity contribution in [1.29, 1.82) is 0 Å². The molecule has 1 aliphatic heterocycles. The van der Waals surface area contributed by atoms with E-state index >= 15 is 0 Å². The summed E-state index contributed by atoms with van der Waals surface area (Å²) in [5, 5.41) is 1.72. The Kier molecular flexibility index (Phi) is 2.29. The van der Waals surface area contributed by atoms with E-state index in [1.54, 1.807) is 19.4 Å². The van der Waals surface area contributed by atoms with Gasteiger partial charge >= 0.3 is 0 Å². The van der Waals surface area contributed by atoms with E-state index in [1.807, 2.05) is 24.3 Å². The molecule has 0 radical (unpaired) electrons. The van der Waals surface area contributed by atoms with Crippen molar-refractivity contribution < 1.29 is 19.0 Å². The van der Waals surface area contributed by atoms with Gasteiger partial charge in [-0.25, -0.2) is 0 Å². The molecule has 0 saturated heterocycles. The van der Waals surface area contributed by atoms with E-state index in [0.29, 0.717) is 28.5 Å². The molecule has 3 aromatic rings. The first-order valence-electron chi connectivity index (χ1n) is 7.23. The summed E-state index contributed by atoms with van der Waals surface area (Å²) in [6, 6.07) is 9.33. The topological polar surface area (TPSA) is 57.7 Å². The van der Waals surface area contributed by atoms with E-state index in [1.165, 1.54) is 0 Å². The van der Waals surface area contributed by atoms with E-state index in [2.05, 4.69) is 4.98 Å². The van der Waals surface area contributed by atoms with E-state index in [0.717, 1.165) is 21.9 Å². The smallest absolute Gasteiger partial charge is 0.231 e. The molecule has 5 nitrogen and oxygen atoms in total. The SMILES string of the molecule is COc1cccc2c1C(=O)c1nccc3cc4c(c-2c13)OCO4. The van der Waals surface area contributed by atoms with E-state index in [4.69, 9.17) is 14.2 Å². The maximum atomic E-state index is 13.0. The molecule has 2 heterocycles. The minimum Gasteiger partial charge on any atom is -0.496 e. The normalized spacial score (nSPS) is 14.0. The fourth-order valence-electron chi connectivity index (χ4n) is 3.40. The van der Waals surface area contributed by atoms with Gasteiger partial charge in [-0.1, -0.05) is 12.1 Å². The lowest BCUT2D eigenvalue weighted by Crippen LogP contribution is -2.13. The number of methoxy groups -OCH3 is 1. The lowest BCUT2D eigenvalue weighted by atomic mass is 9.84. The highest BCUT2D eigenvalue weighted by molar-refractivity contribution is 6.27. The summed E-state index contributed by atoms with van der Waals surface area (Å²) in [4.78, 5) is 17.3. The van der Waals surface area contributed by atoms with Crippen LogP contribution in [0.15, 0.2) is 36.5 Å². The van der Waals surface area contributed by atoms with Crippen molar-refractivity contribution in [2.75, 3.05) is 13.9 Å². The summed E-state index contributed by atoms with van der Waals surface area (Å²) < 4.78 is 16.6. The highest BCUT2D eigenvalue weighted by Crippen LogP contribution is 2.51. The average molecular weight is 305 g/mol. The van der Waals surface area contributed by atoms with Crippen molar-refractivity contribution in [2.45, 2.75) is 0 Å². The van der Waals surface area contributed by atoms with Crippen molar-refractivity contribution in [3.63, 3.8) is 0 Å². The van der Waals surface area contributed by atoms with Gasteiger partial charge in [-0.05, 0) is 23.6 Å². The van der Waals surface area contributed by atoms with Crippen molar-refractivity contribution >= 4 is 16.6 Å². The third-order valence-corrected chi connectivity index (χ3v) is 4.35. The maximum absolute atomic E-state index is 13.0. The standard InChI is InChI=1S/C18H11NO4/c1-21-11-4-2-3-10-14(11)17(20)16-13-9(5-6-19-16)7-12-18(15(10)13)23-8-22-12/h2-7H,8H2,1H3. The molecule has 0 saturated carbocycles.